The molecule has 0 spiro atoms. The van der Waals surface area contributed by atoms with Crippen molar-refractivity contribution in [3.05, 3.63) is 60.4 Å². The summed E-state index contributed by atoms with van der Waals surface area (Å²) in [5.74, 6) is -0.419. The van der Waals surface area contributed by atoms with E-state index in [-0.39, 0.29) is 30.5 Å². The number of carbonyl (C=O) groups excluding carboxylic acids is 2. The third-order valence-electron chi connectivity index (χ3n) is 4.45. The van der Waals surface area contributed by atoms with Gasteiger partial charge in [-0.25, -0.2) is 4.39 Å². The summed E-state index contributed by atoms with van der Waals surface area (Å²) >= 11 is 0. The lowest BCUT2D eigenvalue weighted by Crippen LogP contribution is -2.48. The van der Waals surface area contributed by atoms with E-state index >= 15 is 0 Å². The van der Waals surface area contributed by atoms with E-state index < -0.39 is 0 Å². The first-order chi connectivity index (χ1) is 12.6. The molecule has 0 saturated carbocycles. The molecule has 0 unspecified atom stereocenters. The molecule has 2 amide bonds. The Labute approximate surface area is 152 Å². The highest BCUT2D eigenvalue weighted by molar-refractivity contribution is 5.93. The minimum atomic E-state index is -0.253. The topological polar surface area (TPSA) is 52.7 Å². The number of rotatable bonds is 5. The van der Waals surface area contributed by atoms with Gasteiger partial charge in [0, 0.05) is 50.4 Å². The maximum atomic E-state index is 13.0. The molecule has 0 aliphatic carbocycles. The highest BCUT2D eigenvalue weighted by Gasteiger charge is 2.21. The first kappa shape index (κ1) is 17.9. The van der Waals surface area contributed by atoms with E-state index in [1.165, 1.54) is 12.1 Å². The van der Waals surface area contributed by atoms with Gasteiger partial charge in [-0.05, 0) is 36.4 Å². The molecule has 6 heteroatoms. The van der Waals surface area contributed by atoms with Crippen LogP contribution in [0.25, 0.3) is 0 Å². The minimum Gasteiger partial charge on any atom is -0.368 e. The van der Waals surface area contributed by atoms with Crippen LogP contribution in [0.15, 0.2) is 54.6 Å². The molecule has 2 aromatic carbocycles. The predicted octanol–water partition coefficient (Wildman–Crippen LogP) is 2.89. The number of benzene rings is 2. The Hall–Kier alpha value is -2.89. The number of anilines is 2. The predicted molar refractivity (Wildman–Crippen MR) is 99.5 cm³/mol. The van der Waals surface area contributed by atoms with Gasteiger partial charge in [0.1, 0.15) is 5.82 Å². The van der Waals surface area contributed by atoms with Crippen molar-refractivity contribution < 1.29 is 14.0 Å². The summed E-state index contributed by atoms with van der Waals surface area (Å²) in [5.41, 5.74) is 1.69. The highest BCUT2D eigenvalue weighted by Crippen LogP contribution is 2.17. The van der Waals surface area contributed by atoms with Gasteiger partial charge in [0.25, 0.3) is 0 Å². The van der Waals surface area contributed by atoms with Crippen LogP contribution in [0.2, 0.25) is 0 Å². The van der Waals surface area contributed by atoms with Crippen LogP contribution in [0, 0.1) is 5.82 Å². The Bertz CT molecular complexity index is 741. The number of hydrogen-bond donors (Lipinski definition) is 1. The lowest BCUT2D eigenvalue weighted by atomic mass is 10.2. The van der Waals surface area contributed by atoms with Gasteiger partial charge in [0.2, 0.25) is 11.8 Å². The summed E-state index contributed by atoms with van der Waals surface area (Å²) in [4.78, 5) is 28.2. The van der Waals surface area contributed by atoms with Crippen LogP contribution in [0.5, 0.6) is 0 Å². The summed E-state index contributed by atoms with van der Waals surface area (Å²) in [6, 6.07) is 15.6. The van der Waals surface area contributed by atoms with E-state index in [0.717, 1.165) is 11.4 Å². The van der Waals surface area contributed by atoms with Crippen molar-refractivity contribution in [1.29, 1.82) is 0 Å². The largest absolute Gasteiger partial charge is 0.368 e. The summed E-state index contributed by atoms with van der Waals surface area (Å²) < 4.78 is 13.0. The lowest BCUT2D eigenvalue weighted by molar-refractivity contribution is -0.133. The molecule has 3 rings (SSSR count). The number of hydrogen-bond acceptors (Lipinski definition) is 3. The van der Waals surface area contributed by atoms with Gasteiger partial charge in [-0.1, -0.05) is 18.2 Å². The number of nitrogens with one attached hydrogen (secondary N) is 1. The zero-order valence-corrected chi connectivity index (χ0v) is 14.5. The van der Waals surface area contributed by atoms with E-state index in [9.17, 15) is 14.0 Å². The first-order valence-corrected chi connectivity index (χ1v) is 8.75. The molecular weight excluding hydrogens is 333 g/mol. The number of carbonyl (C=O) groups is 2. The number of amides is 2. The lowest BCUT2D eigenvalue weighted by Gasteiger charge is -2.36. The van der Waals surface area contributed by atoms with E-state index in [0.29, 0.717) is 26.2 Å². The van der Waals surface area contributed by atoms with Gasteiger partial charge >= 0.3 is 0 Å². The minimum absolute atomic E-state index is 0.00744. The van der Waals surface area contributed by atoms with Crippen molar-refractivity contribution in [3.8, 4) is 0 Å². The van der Waals surface area contributed by atoms with Crippen LogP contribution in [-0.4, -0.2) is 42.9 Å². The fourth-order valence-corrected chi connectivity index (χ4v) is 2.99. The first-order valence-electron chi connectivity index (χ1n) is 8.75. The quantitative estimate of drug-likeness (QED) is 0.897. The molecule has 26 heavy (non-hydrogen) atoms. The molecule has 0 atom stereocenters. The maximum absolute atomic E-state index is 13.0. The zero-order chi connectivity index (χ0) is 18.4. The Morgan fingerprint density at radius 1 is 0.885 bits per heavy atom. The van der Waals surface area contributed by atoms with Crippen LogP contribution in [0.1, 0.15) is 12.8 Å². The molecule has 0 aromatic heterocycles. The Balaban J connectivity index is 1.42. The summed E-state index contributed by atoms with van der Waals surface area (Å²) in [6.45, 7) is 2.62. The van der Waals surface area contributed by atoms with Crippen LogP contribution >= 0.6 is 0 Å². The molecule has 1 aliphatic heterocycles. The van der Waals surface area contributed by atoms with E-state index in [4.69, 9.17) is 0 Å². The second-order valence-electron chi connectivity index (χ2n) is 6.26. The van der Waals surface area contributed by atoms with Gasteiger partial charge in [0.15, 0.2) is 0 Å². The van der Waals surface area contributed by atoms with Crippen LogP contribution in [0.3, 0.4) is 0 Å². The van der Waals surface area contributed by atoms with Gasteiger partial charge < -0.3 is 15.1 Å². The van der Waals surface area contributed by atoms with Crippen molar-refractivity contribution in [2.75, 3.05) is 36.4 Å². The maximum Gasteiger partial charge on any atom is 0.224 e. The average Bonchev–Trinajstić information content (AvgIpc) is 2.68. The molecule has 1 saturated heterocycles. The number of halogens is 1. The standard InChI is InChI=1S/C20H22FN3O2/c21-16-6-8-18(9-7-16)23-12-14-24(15-13-23)20(26)11-10-19(25)22-17-4-2-1-3-5-17/h1-9H,10-15H2,(H,22,25). The Morgan fingerprint density at radius 3 is 2.19 bits per heavy atom. The van der Waals surface area contributed by atoms with Crippen LogP contribution in [-0.2, 0) is 9.59 Å². The molecule has 5 nitrogen and oxygen atoms in total. The molecule has 136 valence electrons. The van der Waals surface area contributed by atoms with Crippen molar-refractivity contribution >= 4 is 23.2 Å². The van der Waals surface area contributed by atoms with Gasteiger partial charge in [-0.2, -0.15) is 0 Å². The molecular formula is C20H22FN3O2. The smallest absolute Gasteiger partial charge is 0.224 e. The number of nitrogens with zero attached hydrogens (tertiary/aromatic N) is 2. The van der Waals surface area contributed by atoms with Gasteiger partial charge in [-0.15, -0.1) is 0 Å². The normalized spacial score (nSPS) is 14.2. The highest BCUT2D eigenvalue weighted by atomic mass is 19.1. The average molecular weight is 355 g/mol. The third kappa shape index (κ3) is 4.81. The van der Waals surface area contributed by atoms with E-state index in [2.05, 4.69) is 10.2 Å². The molecule has 0 radical (unpaired) electrons. The fourth-order valence-electron chi connectivity index (χ4n) is 2.99. The second kappa shape index (κ2) is 8.47. The Morgan fingerprint density at radius 2 is 1.54 bits per heavy atom. The van der Waals surface area contributed by atoms with Crippen LogP contribution in [0.4, 0.5) is 15.8 Å². The zero-order valence-electron chi connectivity index (χ0n) is 14.5. The molecule has 1 N–H and O–H groups in total. The molecule has 1 aliphatic rings. The van der Waals surface area contributed by atoms with E-state index in [1.54, 1.807) is 17.0 Å². The number of piperazine rings is 1. The van der Waals surface area contributed by atoms with Crippen molar-refractivity contribution in [1.82, 2.24) is 4.90 Å². The SMILES string of the molecule is O=C(CCC(=O)N1CCN(c2ccc(F)cc2)CC1)Nc1ccccc1. The van der Waals surface area contributed by atoms with Crippen molar-refractivity contribution in [2.24, 2.45) is 0 Å². The number of para-hydroxylation sites is 1. The Kier molecular flexibility index (Phi) is 5.84. The van der Waals surface area contributed by atoms with Crippen LogP contribution < -0.4 is 10.2 Å². The molecule has 1 heterocycles. The molecule has 2 aromatic rings. The van der Waals surface area contributed by atoms with Crippen molar-refractivity contribution in [2.45, 2.75) is 12.8 Å². The molecule has 0 bridgehead atoms. The monoisotopic (exact) mass is 355 g/mol. The summed E-state index contributed by atoms with van der Waals surface area (Å²) in [6.07, 6.45) is 0.376. The van der Waals surface area contributed by atoms with Gasteiger partial charge in [0.05, 0.1) is 0 Å². The fraction of sp³-hybridized carbons (Fsp3) is 0.300. The van der Waals surface area contributed by atoms with E-state index in [1.807, 2.05) is 30.3 Å². The summed E-state index contributed by atoms with van der Waals surface area (Å²) in [7, 11) is 0. The summed E-state index contributed by atoms with van der Waals surface area (Å²) in [5, 5.41) is 2.78. The van der Waals surface area contributed by atoms with Gasteiger partial charge in [-0.3, -0.25) is 9.59 Å². The third-order valence-corrected chi connectivity index (χ3v) is 4.45. The van der Waals surface area contributed by atoms with Crippen molar-refractivity contribution in [3.63, 3.8) is 0 Å². The molecule has 1 fully saturated rings. The second-order valence-corrected chi connectivity index (χ2v) is 6.26.